The lowest BCUT2D eigenvalue weighted by atomic mass is 9.91. The minimum atomic E-state index is 0.0228. The molecule has 2 rings (SSSR count). The molecule has 2 nitrogen and oxygen atoms in total. The standard InChI is InChI=1S/C14H15BrN2/c1-14(2,3)12-9-11(16-13(15)17-12)10-7-5-4-6-8-10/h4-9H,1-3H3. The Morgan fingerprint density at radius 3 is 2.24 bits per heavy atom. The summed E-state index contributed by atoms with van der Waals surface area (Å²) >= 11 is 3.38. The number of nitrogens with zero attached hydrogens (tertiary/aromatic N) is 2. The Balaban J connectivity index is 2.54. The fourth-order valence-corrected chi connectivity index (χ4v) is 1.94. The van der Waals surface area contributed by atoms with Crippen molar-refractivity contribution in [1.29, 1.82) is 0 Å². The van der Waals surface area contributed by atoms with Crippen molar-refractivity contribution in [1.82, 2.24) is 9.97 Å². The van der Waals surface area contributed by atoms with Crippen LogP contribution in [0.2, 0.25) is 0 Å². The number of hydrogen-bond donors (Lipinski definition) is 0. The summed E-state index contributed by atoms with van der Waals surface area (Å²) in [6.07, 6.45) is 0. The third kappa shape index (κ3) is 2.91. The van der Waals surface area contributed by atoms with Crippen molar-refractivity contribution < 1.29 is 0 Å². The highest BCUT2D eigenvalue weighted by Crippen LogP contribution is 2.26. The van der Waals surface area contributed by atoms with E-state index in [0.717, 1.165) is 17.0 Å². The van der Waals surface area contributed by atoms with Gasteiger partial charge in [-0.25, -0.2) is 9.97 Å². The SMILES string of the molecule is CC(C)(C)c1cc(-c2ccccc2)nc(Br)n1. The molecule has 1 heterocycles. The molecular formula is C14H15BrN2. The van der Waals surface area contributed by atoms with E-state index in [-0.39, 0.29) is 5.41 Å². The van der Waals surface area contributed by atoms with Crippen LogP contribution in [0.1, 0.15) is 26.5 Å². The van der Waals surface area contributed by atoms with Crippen molar-refractivity contribution in [2.24, 2.45) is 0 Å². The smallest absolute Gasteiger partial charge is 0.197 e. The van der Waals surface area contributed by atoms with Crippen LogP contribution in [0.4, 0.5) is 0 Å². The van der Waals surface area contributed by atoms with Gasteiger partial charge in [-0.15, -0.1) is 0 Å². The molecule has 3 heteroatoms. The number of aromatic nitrogens is 2. The van der Waals surface area contributed by atoms with Gasteiger partial charge < -0.3 is 0 Å². The maximum atomic E-state index is 4.44. The maximum Gasteiger partial charge on any atom is 0.197 e. The van der Waals surface area contributed by atoms with Crippen molar-refractivity contribution in [3.63, 3.8) is 0 Å². The zero-order valence-electron chi connectivity index (χ0n) is 10.2. The predicted octanol–water partition coefficient (Wildman–Crippen LogP) is 4.20. The zero-order valence-corrected chi connectivity index (χ0v) is 11.8. The Bertz CT molecular complexity index is 515. The molecule has 2 aromatic rings. The highest BCUT2D eigenvalue weighted by atomic mass is 79.9. The van der Waals surface area contributed by atoms with Crippen molar-refractivity contribution in [2.45, 2.75) is 26.2 Å². The number of halogens is 1. The topological polar surface area (TPSA) is 25.8 Å². The Labute approximate surface area is 110 Å². The Morgan fingerprint density at radius 1 is 1.00 bits per heavy atom. The molecule has 0 atom stereocenters. The molecular weight excluding hydrogens is 276 g/mol. The summed E-state index contributed by atoms with van der Waals surface area (Å²) in [6.45, 7) is 6.45. The van der Waals surface area contributed by atoms with Crippen LogP contribution in [0.3, 0.4) is 0 Å². The van der Waals surface area contributed by atoms with Crippen LogP contribution < -0.4 is 0 Å². The molecule has 0 fully saturated rings. The van der Waals surface area contributed by atoms with E-state index in [4.69, 9.17) is 0 Å². The van der Waals surface area contributed by atoms with Crippen molar-refractivity contribution in [2.75, 3.05) is 0 Å². The van der Waals surface area contributed by atoms with Gasteiger partial charge >= 0.3 is 0 Å². The fraction of sp³-hybridized carbons (Fsp3) is 0.286. The Hall–Kier alpha value is -1.22. The van der Waals surface area contributed by atoms with Gasteiger partial charge in [-0.1, -0.05) is 51.1 Å². The normalized spacial score (nSPS) is 11.5. The molecule has 0 saturated carbocycles. The summed E-state index contributed by atoms with van der Waals surface area (Å²) in [4.78, 5) is 8.86. The van der Waals surface area contributed by atoms with Gasteiger partial charge in [0, 0.05) is 11.0 Å². The maximum absolute atomic E-state index is 4.44. The summed E-state index contributed by atoms with van der Waals surface area (Å²) in [5, 5.41) is 0. The van der Waals surface area contributed by atoms with Gasteiger partial charge in [0.2, 0.25) is 0 Å². The van der Waals surface area contributed by atoms with E-state index in [1.807, 2.05) is 18.2 Å². The molecule has 0 bridgehead atoms. The van der Waals surface area contributed by atoms with E-state index in [9.17, 15) is 0 Å². The summed E-state index contributed by atoms with van der Waals surface area (Å²) in [5.74, 6) is 0. The molecule has 0 aliphatic rings. The molecule has 0 radical (unpaired) electrons. The van der Waals surface area contributed by atoms with Crippen molar-refractivity contribution in [3.8, 4) is 11.3 Å². The molecule has 0 aliphatic heterocycles. The van der Waals surface area contributed by atoms with Gasteiger partial charge in [0.15, 0.2) is 4.73 Å². The van der Waals surface area contributed by atoms with Gasteiger partial charge in [-0.05, 0) is 22.0 Å². The molecule has 0 unspecified atom stereocenters. The molecule has 0 amide bonds. The first-order valence-corrected chi connectivity index (χ1v) is 6.36. The third-order valence-corrected chi connectivity index (χ3v) is 2.89. The van der Waals surface area contributed by atoms with E-state index < -0.39 is 0 Å². The van der Waals surface area contributed by atoms with Crippen molar-refractivity contribution >= 4 is 15.9 Å². The minimum absolute atomic E-state index is 0.0228. The minimum Gasteiger partial charge on any atom is -0.227 e. The molecule has 88 valence electrons. The summed E-state index contributed by atoms with van der Waals surface area (Å²) in [5.41, 5.74) is 3.13. The second kappa shape index (κ2) is 4.57. The lowest BCUT2D eigenvalue weighted by molar-refractivity contribution is 0.565. The lowest BCUT2D eigenvalue weighted by Crippen LogP contribution is -2.14. The highest BCUT2D eigenvalue weighted by molar-refractivity contribution is 9.10. The van der Waals surface area contributed by atoms with E-state index in [1.165, 1.54) is 0 Å². The van der Waals surface area contributed by atoms with Crippen LogP contribution in [0.15, 0.2) is 41.1 Å². The molecule has 17 heavy (non-hydrogen) atoms. The zero-order chi connectivity index (χ0) is 12.5. The lowest BCUT2D eigenvalue weighted by Gasteiger charge is -2.18. The molecule has 0 N–H and O–H groups in total. The van der Waals surface area contributed by atoms with E-state index in [2.05, 4.69) is 64.9 Å². The van der Waals surface area contributed by atoms with Gasteiger partial charge in [0.05, 0.1) is 11.4 Å². The quantitative estimate of drug-likeness (QED) is 0.736. The fourth-order valence-electron chi connectivity index (χ4n) is 1.56. The molecule has 1 aromatic heterocycles. The van der Waals surface area contributed by atoms with Crippen LogP contribution in [-0.2, 0) is 5.41 Å². The molecule has 0 spiro atoms. The van der Waals surface area contributed by atoms with Crippen LogP contribution in [0.5, 0.6) is 0 Å². The average Bonchev–Trinajstić information content (AvgIpc) is 2.28. The van der Waals surface area contributed by atoms with Crippen molar-refractivity contribution in [3.05, 3.63) is 46.8 Å². The first-order chi connectivity index (χ1) is 7.97. The van der Waals surface area contributed by atoms with Crippen LogP contribution in [-0.4, -0.2) is 9.97 Å². The second-order valence-electron chi connectivity index (χ2n) is 5.02. The first kappa shape index (κ1) is 12.2. The summed E-state index contributed by atoms with van der Waals surface area (Å²) in [6, 6.07) is 12.2. The molecule has 1 aromatic carbocycles. The second-order valence-corrected chi connectivity index (χ2v) is 5.73. The predicted molar refractivity (Wildman–Crippen MR) is 73.9 cm³/mol. The first-order valence-electron chi connectivity index (χ1n) is 5.57. The van der Waals surface area contributed by atoms with Crippen LogP contribution in [0.25, 0.3) is 11.3 Å². The molecule has 0 saturated heterocycles. The van der Waals surface area contributed by atoms with Gasteiger partial charge in [-0.3, -0.25) is 0 Å². The highest BCUT2D eigenvalue weighted by Gasteiger charge is 2.17. The van der Waals surface area contributed by atoms with Crippen LogP contribution >= 0.6 is 15.9 Å². The van der Waals surface area contributed by atoms with Gasteiger partial charge in [0.1, 0.15) is 0 Å². The average molecular weight is 291 g/mol. The number of benzene rings is 1. The third-order valence-electron chi connectivity index (χ3n) is 2.54. The van der Waals surface area contributed by atoms with E-state index in [1.54, 1.807) is 0 Å². The molecule has 0 aliphatic carbocycles. The van der Waals surface area contributed by atoms with Gasteiger partial charge in [0.25, 0.3) is 0 Å². The summed E-state index contributed by atoms with van der Waals surface area (Å²) < 4.78 is 0.642. The monoisotopic (exact) mass is 290 g/mol. The number of rotatable bonds is 1. The Kier molecular flexibility index (Phi) is 3.29. The van der Waals surface area contributed by atoms with E-state index >= 15 is 0 Å². The van der Waals surface area contributed by atoms with Crippen LogP contribution in [0, 0.1) is 0 Å². The Morgan fingerprint density at radius 2 is 1.65 bits per heavy atom. The van der Waals surface area contributed by atoms with Gasteiger partial charge in [-0.2, -0.15) is 0 Å². The summed E-state index contributed by atoms with van der Waals surface area (Å²) in [7, 11) is 0. The number of hydrogen-bond acceptors (Lipinski definition) is 2. The largest absolute Gasteiger partial charge is 0.227 e. The van der Waals surface area contributed by atoms with E-state index in [0.29, 0.717) is 4.73 Å².